The molecule has 1 unspecified atom stereocenters. The maximum absolute atomic E-state index is 3.73. The van der Waals surface area contributed by atoms with Gasteiger partial charge in [-0.05, 0) is 53.3 Å². The van der Waals surface area contributed by atoms with E-state index < -0.39 is 0 Å². The average molecular weight is 243 g/mol. The molecule has 88 valence electrons. The first kappa shape index (κ1) is 11.0. The smallest absolute Gasteiger partial charge is 0.0302 e. The van der Waals surface area contributed by atoms with Crippen molar-refractivity contribution in [1.29, 1.82) is 0 Å². The molecule has 1 aliphatic rings. The highest BCUT2D eigenvalue weighted by Crippen LogP contribution is 2.24. The van der Waals surface area contributed by atoms with Crippen LogP contribution in [0.2, 0.25) is 0 Å². The average Bonchev–Trinajstić information content (AvgIpc) is 2.97. The lowest BCUT2D eigenvalue weighted by molar-refractivity contribution is 0.468. The monoisotopic (exact) mass is 243 g/mol. The fourth-order valence-electron chi connectivity index (χ4n) is 2.65. The fourth-order valence-corrected chi connectivity index (χ4v) is 3.40. The second-order valence-corrected chi connectivity index (χ2v) is 5.60. The Morgan fingerprint density at radius 1 is 1.18 bits per heavy atom. The molecular formula is C15H17NS. The zero-order chi connectivity index (χ0) is 11.7. The lowest BCUT2D eigenvalue weighted by Crippen LogP contribution is -2.31. The van der Waals surface area contributed by atoms with Gasteiger partial charge in [-0.15, -0.1) is 0 Å². The minimum absolute atomic E-state index is 0.459. The van der Waals surface area contributed by atoms with E-state index in [9.17, 15) is 0 Å². The molecule has 0 saturated carbocycles. The van der Waals surface area contributed by atoms with Crippen molar-refractivity contribution in [3.8, 4) is 0 Å². The van der Waals surface area contributed by atoms with Crippen LogP contribution < -0.4 is 5.32 Å². The quantitative estimate of drug-likeness (QED) is 0.869. The van der Waals surface area contributed by atoms with Crippen molar-refractivity contribution in [3.63, 3.8) is 0 Å². The van der Waals surface area contributed by atoms with Gasteiger partial charge in [0.15, 0.2) is 0 Å². The van der Waals surface area contributed by atoms with Gasteiger partial charge in [0.05, 0.1) is 0 Å². The van der Waals surface area contributed by atoms with Crippen LogP contribution in [0.25, 0.3) is 0 Å². The van der Waals surface area contributed by atoms with Crippen LogP contribution in [0.4, 0.5) is 0 Å². The molecule has 3 rings (SSSR count). The molecule has 0 radical (unpaired) electrons. The normalized spacial score (nSPS) is 17.0. The second-order valence-electron chi connectivity index (χ2n) is 4.82. The highest BCUT2D eigenvalue weighted by molar-refractivity contribution is 7.07. The molecule has 1 aliphatic carbocycles. The maximum Gasteiger partial charge on any atom is 0.0302 e. The van der Waals surface area contributed by atoms with E-state index in [0.29, 0.717) is 12.1 Å². The summed E-state index contributed by atoms with van der Waals surface area (Å²) < 4.78 is 0. The van der Waals surface area contributed by atoms with Crippen LogP contribution in [0.15, 0.2) is 41.1 Å². The van der Waals surface area contributed by atoms with Crippen LogP contribution in [-0.2, 0) is 12.8 Å². The highest BCUT2D eigenvalue weighted by atomic mass is 32.1. The highest BCUT2D eigenvalue weighted by Gasteiger charge is 2.22. The Morgan fingerprint density at radius 3 is 2.47 bits per heavy atom. The van der Waals surface area contributed by atoms with E-state index in [2.05, 4.69) is 53.3 Å². The molecule has 1 atom stereocenters. The fraction of sp³-hybridized carbons (Fsp3) is 0.333. The summed E-state index contributed by atoms with van der Waals surface area (Å²) in [5.74, 6) is 0. The Morgan fingerprint density at radius 2 is 1.88 bits per heavy atom. The van der Waals surface area contributed by atoms with Gasteiger partial charge >= 0.3 is 0 Å². The number of thiophene rings is 1. The van der Waals surface area contributed by atoms with E-state index in [-0.39, 0.29) is 0 Å². The topological polar surface area (TPSA) is 12.0 Å². The van der Waals surface area contributed by atoms with Crippen molar-refractivity contribution in [2.75, 3.05) is 0 Å². The predicted molar refractivity (Wildman–Crippen MR) is 73.5 cm³/mol. The molecule has 1 nitrogen and oxygen atoms in total. The molecule has 0 aliphatic heterocycles. The lowest BCUT2D eigenvalue weighted by Gasteiger charge is -2.18. The Bertz CT molecular complexity index is 464. The summed E-state index contributed by atoms with van der Waals surface area (Å²) in [5.41, 5.74) is 4.44. The molecule has 1 aromatic carbocycles. The van der Waals surface area contributed by atoms with Crippen molar-refractivity contribution >= 4 is 11.3 Å². The predicted octanol–water partition coefficient (Wildman–Crippen LogP) is 3.57. The summed E-state index contributed by atoms with van der Waals surface area (Å²) in [6, 6.07) is 12.1. The summed E-state index contributed by atoms with van der Waals surface area (Å²) in [7, 11) is 0. The lowest BCUT2D eigenvalue weighted by atomic mass is 10.1. The van der Waals surface area contributed by atoms with Gasteiger partial charge in [-0.1, -0.05) is 24.3 Å². The minimum Gasteiger partial charge on any atom is -0.307 e. The summed E-state index contributed by atoms with van der Waals surface area (Å²) >= 11 is 1.77. The van der Waals surface area contributed by atoms with Gasteiger partial charge in [-0.3, -0.25) is 0 Å². The van der Waals surface area contributed by atoms with Crippen LogP contribution in [0.1, 0.15) is 29.7 Å². The standard InChI is InChI=1S/C15H17NS/c1-11(14-6-7-17-10-14)16-15-8-12-4-2-3-5-13(12)9-15/h2-7,10-11,15-16H,8-9H2,1H3. The first-order valence-electron chi connectivity index (χ1n) is 6.18. The third-order valence-electron chi connectivity index (χ3n) is 3.58. The number of rotatable bonds is 3. The molecule has 1 N–H and O–H groups in total. The largest absolute Gasteiger partial charge is 0.307 e. The van der Waals surface area contributed by atoms with Gasteiger partial charge in [-0.2, -0.15) is 11.3 Å². The van der Waals surface area contributed by atoms with Crippen LogP contribution in [-0.4, -0.2) is 6.04 Å². The van der Waals surface area contributed by atoms with Gasteiger partial charge in [0.25, 0.3) is 0 Å². The molecule has 2 heteroatoms. The van der Waals surface area contributed by atoms with E-state index in [0.717, 1.165) is 0 Å². The number of benzene rings is 1. The molecule has 1 heterocycles. The van der Waals surface area contributed by atoms with Crippen molar-refractivity contribution in [3.05, 3.63) is 57.8 Å². The van der Waals surface area contributed by atoms with Gasteiger partial charge in [0.1, 0.15) is 0 Å². The third-order valence-corrected chi connectivity index (χ3v) is 4.28. The van der Waals surface area contributed by atoms with Crippen LogP contribution in [0.5, 0.6) is 0 Å². The summed E-state index contributed by atoms with van der Waals surface area (Å²) in [4.78, 5) is 0. The number of hydrogen-bond donors (Lipinski definition) is 1. The zero-order valence-corrected chi connectivity index (χ0v) is 10.8. The van der Waals surface area contributed by atoms with Gasteiger partial charge in [0, 0.05) is 12.1 Å². The summed E-state index contributed by atoms with van der Waals surface area (Å²) in [5, 5.41) is 8.12. The maximum atomic E-state index is 3.73. The molecule has 0 fully saturated rings. The molecule has 0 spiro atoms. The zero-order valence-electron chi connectivity index (χ0n) is 10.0. The van der Waals surface area contributed by atoms with E-state index in [4.69, 9.17) is 0 Å². The van der Waals surface area contributed by atoms with Crippen LogP contribution in [0, 0.1) is 0 Å². The molecule has 0 saturated heterocycles. The van der Waals surface area contributed by atoms with E-state index in [1.165, 1.54) is 29.5 Å². The van der Waals surface area contributed by atoms with Crippen molar-refractivity contribution in [1.82, 2.24) is 5.32 Å². The Balaban J connectivity index is 1.66. The Kier molecular flexibility index (Phi) is 3.00. The number of fused-ring (bicyclic) bond motifs is 1. The van der Waals surface area contributed by atoms with E-state index in [1.807, 2.05) is 0 Å². The molecule has 2 aromatic rings. The van der Waals surface area contributed by atoms with E-state index >= 15 is 0 Å². The van der Waals surface area contributed by atoms with Gasteiger partial charge in [0.2, 0.25) is 0 Å². The Hall–Kier alpha value is -1.12. The first-order chi connectivity index (χ1) is 8.33. The first-order valence-corrected chi connectivity index (χ1v) is 7.12. The molecule has 0 amide bonds. The second kappa shape index (κ2) is 4.63. The molecule has 0 bridgehead atoms. The SMILES string of the molecule is CC(NC1Cc2ccccc2C1)c1ccsc1. The van der Waals surface area contributed by atoms with Crippen molar-refractivity contribution in [2.45, 2.75) is 31.8 Å². The van der Waals surface area contributed by atoms with Gasteiger partial charge in [-0.25, -0.2) is 0 Å². The molecule has 17 heavy (non-hydrogen) atoms. The molecular weight excluding hydrogens is 226 g/mol. The van der Waals surface area contributed by atoms with Crippen LogP contribution in [0.3, 0.4) is 0 Å². The Labute approximate surface area is 106 Å². The number of nitrogens with one attached hydrogen (secondary N) is 1. The number of hydrogen-bond acceptors (Lipinski definition) is 2. The van der Waals surface area contributed by atoms with Crippen molar-refractivity contribution in [2.24, 2.45) is 0 Å². The summed E-state index contributed by atoms with van der Waals surface area (Å²) in [6.45, 7) is 2.26. The van der Waals surface area contributed by atoms with Crippen molar-refractivity contribution < 1.29 is 0 Å². The summed E-state index contributed by atoms with van der Waals surface area (Å²) in [6.07, 6.45) is 2.34. The third kappa shape index (κ3) is 2.28. The molecule has 1 aromatic heterocycles. The van der Waals surface area contributed by atoms with Crippen LogP contribution >= 0.6 is 11.3 Å². The van der Waals surface area contributed by atoms with E-state index in [1.54, 1.807) is 11.3 Å². The van der Waals surface area contributed by atoms with Gasteiger partial charge < -0.3 is 5.32 Å². The minimum atomic E-state index is 0.459.